The molecule has 0 radical (unpaired) electrons. The number of piperidine rings is 1. The standard InChI is InChI=1S/C25H28N4O3/c1-32-21-9-5-8-20(16-21)27-25(31)26-19-12-14-29(15-13-19)17-24(30)28-23-11-4-7-18-6-2-3-10-22(18)23/h2-11,16,19H,12-15,17H2,1H3,(H,28,30)(H2,26,27,31). The molecule has 3 aromatic rings. The van der Waals surface area contributed by atoms with Crippen LogP contribution in [-0.4, -0.2) is 49.6 Å². The summed E-state index contributed by atoms with van der Waals surface area (Å²) in [5, 5.41) is 11.0. The van der Waals surface area contributed by atoms with Crippen LogP contribution in [0, 0.1) is 0 Å². The molecule has 1 aliphatic heterocycles. The first-order valence-electron chi connectivity index (χ1n) is 10.8. The molecule has 1 heterocycles. The summed E-state index contributed by atoms with van der Waals surface area (Å²) in [7, 11) is 1.59. The van der Waals surface area contributed by atoms with Gasteiger partial charge in [-0.25, -0.2) is 4.79 Å². The van der Waals surface area contributed by atoms with E-state index in [1.54, 1.807) is 13.2 Å². The highest BCUT2D eigenvalue weighted by atomic mass is 16.5. The first kappa shape index (κ1) is 21.6. The monoisotopic (exact) mass is 432 g/mol. The molecule has 1 fully saturated rings. The molecule has 0 spiro atoms. The van der Waals surface area contributed by atoms with Gasteiger partial charge < -0.3 is 20.7 Å². The summed E-state index contributed by atoms with van der Waals surface area (Å²) in [6.45, 7) is 1.85. The lowest BCUT2D eigenvalue weighted by Crippen LogP contribution is -2.47. The van der Waals surface area contributed by atoms with Crippen LogP contribution in [0.25, 0.3) is 10.8 Å². The van der Waals surface area contributed by atoms with E-state index in [0.29, 0.717) is 18.0 Å². The van der Waals surface area contributed by atoms with Crippen molar-refractivity contribution in [3.63, 3.8) is 0 Å². The van der Waals surface area contributed by atoms with Gasteiger partial charge >= 0.3 is 6.03 Å². The molecule has 1 aliphatic rings. The van der Waals surface area contributed by atoms with Crippen LogP contribution < -0.4 is 20.7 Å². The number of amides is 3. The highest BCUT2D eigenvalue weighted by Crippen LogP contribution is 2.23. The second-order valence-corrected chi connectivity index (χ2v) is 7.96. The Bertz CT molecular complexity index is 1090. The molecule has 0 atom stereocenters. The third-order valence-corrected chi connectivity index (χ3v) is 5.68. The fourth-order valence-electron chi connectivity index (χ4n) is 4.02. The van der Waals surface area contributed by atoms with Crippen LogP contribution in [-0.2, 0) is 4.79 Å². The quantitative estimate of drug-likeness (QED) is 0.548. The van der Waals surface area contributed by atoms with Crippen LogP contribution in [0.4, 0.5) is 16.2 Å². The van der Waals surface area contributed by atoms with Crippen LogP contribution in [0.2, 0.25) is 0 Å². The molecule has 4 rings (SSSR count). The maximum absolute atomic E-state index is 12.6. The smallest absolute Gasteiger partial charge is 0.319 e. The Morgan fingerprint density at radius 3 is 2.53 bits per heavy atom. The van der Waals surface area contributed by atoms with Crippen LogP contribution in [0.1, 0.15) is 12.8 Å². The molecule has 32 heavy (non-hydrogen) atoms. The second kappa shape index (κ2) is 10.2. The number of benzene rings is 3. The predicted molar refractivity (Wildman–Crippen MR) is 127 cm³/mol. The number of nitrogens with one attached hydrogen (secondary N) is 3. The van der Waals surface area contributed by atoms with Crippen molar-refractivity contribution >= 4 is 34.1 Å². The van der Waals surface area contributed by atoms with Gasteiger partial charge in [-0.15, -0.1) is 0 Å². The van der Waals surface area contributed by atoms with E-state index in [4.69, 9.17) is 4.74 Å². The van der Waals surface area contributed by atoms with E-state index in [-0.39, 0.29) is 18.0 Å². The number of likely N-dealkylation sites (tertiary alicyclic amines) is 1. The Morgan fingerprint density at radius 2 is 1.72 bits per heavy atom. The van der Waals surface area contributed by atoms with E-state index in [1.807, 2.05) is 60.7 Å². The Balaban J connectivity index is 1.23. The van der Waals surface area contributed by atoms with Gasteiger partial charge in [0.15, 0.2) is 0 Å². The molecule has 3 amide bonds. The van der Waals surface area contributed by atoms with Crippen molar-refractivity contribution in [3.05, 3.63) is 66.7 Å². The molecule has 0 unspecified atom stereocenters. The Kier molecular flexibility index (Phi) is 6.87. The van der Waals surface area contributed by atoms with E-state index in [9.17, 15) is 9.59 Å². The van der Waals surface area contributed by atoms with E-state index in [2.05, 4.69) is 20.9 Å². The number of hydrogen-bond donors (Lipinski definition) is 3. The average Bonchev–Trinajstić information content (AvgIpc) is 2.80. The molecular formula is C25H28N4O3. The molecule has 0 aromatic heterocycles. The van der Waals surface area contributed by atoms with Gasteiger partial charge in [0.1, 0.15) is 5.75 Å². The summed E-state index contributed by atoms with van der Waals surface area (Å²) in [4.78, 5) is 27.0. The zero-order valence-electron chi connectivity index (χ0n) is 18.1. The maximum atomic E-state index is 12.6. The van der Waals surface area contributed by atoms with Gasteiger partial charge in [0, 0.05) is 42.0 Å². The molecule has 0 saturated carbocycles. The van der Waals surface area contributed by atoms with E-state index in [0.717, 1.165) is 42.4 Å². The Morgan fingerprint density at radius 1 is 0.969 bits per heavy atom. The number of urea groups is 1. The average molecular weight is 433 g/mol. The summed E-state index contributed by atoms with van der Waals surface area (Å²) < 4.78 is 5.18. The molecule has 7 nitrogen and oxygen atoms in total. The number of anilines is 2. The summed E-state index contributed by atoms with van der Waals surface area (Å²) >= 11 is 0. The lowest BCUT2D eigenvalue weighted by atomic mass is 10.1. The molecule has 166 valence electrons. The van der Waals surface area contributed by atoms with Crippen molar-refractivity contribution in [3.8, 4) is 5.75 Å². The van der Waals surface area contributed by atoms with E-state index >= 15 is 0 Å². The molecule has 3 N–H and O–H groups in total. The minimum absolute atomic E-state index is 0.0245. The van der Waals surface area contributed by atoms with Crippen LogP contribution >= 0.6 is 0 Å². The van der Waals surface area contributed by atoms with Crippen LogP contribution in [0.15, 0.2) is 66.7 Å². The van der Waals surface area contributed by atoms with Gasteiger partial charge in [-0.1, -0.05) is 42.5 Å². The predicted octanol–water partition coefficient (Wildman–Crippen LogP) is 4.07. The largest absolute Gasteiger partial charge is 0.497 e. The Labute approximate surface area is 187 Å². The Hall–Kier alpha value is -3.58. The lowest BCUT2D eigenvalue weighted by Gasteiger charge is -2.31. The lowest BCUT2D eigenvalue weighted by molar-refractivity contribution is -0.117. The van der Waals surface area contributed by atoms with Gasteiger partial charge in [-0.3, -0.25) is 9.69 Å². The van der Waals surface area contributed by atoms with Gasteiger partial charge in [0.2, 0.25) is 5.91 Å². The number of nitrogens with zero attached hydrogens (tertiary/aromatic N) is 1. The molecule has 1 saturated heterocycles. The number of rotatable bonds is 6. The van der Waals surface area contributed by atoms with Crippen molar-refractivity contribution in [2.75, 3.05) is 37.4 Å². The SMILES string of the molecule is COc1cccc(NC(=O)NC2CCN(CC(=O)Nc3cccc4ccccc34)CC2)c1. The molecule has 0 aliphatic carbocycles. The van der Waals surface area contributed by atoms with Crippen molar-refractivity contribution in [1.82, 2.24) is 10.2 Å². The topological polar surface area (TPSA) is 82.7 Å². The summed E-state index contributed by atoms with van der Waals surface area (Å²) in [5.74, 6) is 0.668. The van der Waals surface area contributed by atoms with Gasteiger partial charge in [-0.05, 0) is 36.4 Å². The zero-order chi connectivity index (χ0) is 22.3. The summed E-state index contributed by atoms with van der Waals surface area (Å²) in [5.41, 5.74) is 1.52. The van der Waals surface area contributed by atoms with Gasteiger partial charge in [-0.2, -0.15) is 0 Å². The number of ether oxygens (including phenoxy) is 1. The maximum Gasteiger partial charge on any atom is 0.319 e. The number of carbonyl (C=O) groups is 2. The summed E-state index contributed by atoms with van der Waals surface area (Å²) in [6.07, 6.45) is 1.60. The summed E-state index contributed by atoms with van der Waals surface area (Å²) in [6, 6.07) is 21.0. The molecule has 0 bridgehead atoms. The van der Waals surface area contributed by atoms with E-state index < -0.39 is 0 Å². The highest BCUT2D eigenvalue weighted by Gasteiger charge is 2.22. The fraction of sp³-hybridized carbons (Fsp3) is 0.280. The third kappa shape index (κ3) is 5.56. The third-order valence-electron chi connectivity index (χ3n) is 5.68. The van der Waals surface area contributed by atoms with Gasteiger partial charge in [0.05, 0.1) is 13.7 Å². The second-order valence-electron chi connectivity index (χ2n) is 7.96. The number of methoxy groups -OCH3 is 1. The fourth-order valence-corrected chi connectivity index (χ4v) is 4.02. The first-order chi connectivity index (χ1) is 15.6. The molecule has 3 aromatic carbocycles. The molecule has 7 heteroatoms. The van der Waals surface area contributed by atoms with Gasteiger partial charge in [0.25, 0.3) is 0 Å². The zero-order valence-corrected chi connectivity index (χ0v) is 18.1. The normalized spacial score (nSPS) is 14.7. The first-order valence-corrected chi connectivity index (χ1v) is 10.8. The van der Waals surface area contributed by atoms with Crippen molar-refractivity contribution in [1.29, 1.82) is 0 Å². The minimum atomic E-state index is -0.231. The van der Waals surface area contributed by atoms with Crippen molar-refractivity contribution in [2.24, 2.45) is 0 Å². The van der Waals surface area contributed by atoms with Crippen molar-refractivity contribution in [2.45, 2.75) is 18.9 Å². The minimum Gasteiger partial charge on any atom is -0.497 e. The number of fused-ring (bicyclic) bond motifs is 1. The highest BCUT2D eigenvalue weighted by molar-refractivity contribution is 6.02. The molecular weight excluding hydrogens is 404 g/mol. The van der Waals surface area contributed by atoms with Crippen LogP contribution in [0.5, 0.6) is 5.75 Å². The van der Waals surface area contributed by atoms with E-state index in [1.165, 1.54) is 0 Å². The van der Waals surface area contributed by atoms with Crippen molar-refractivity contribution < 1.29 is 14.3 Å². The number of hydrogen-bond acceptors (Lipinski definition) is 4. The number of carbonyl (C=O) groups excluding carboxylic acids is 2. The van der Waals surface area contributed by atoms with Crippen LogP contribution in [0.3, 0.4) is 0 Å².